The fraction of sp³-hybridized carbons (Fsp3) is 0.375. The number of nitrogens with zero attached hydrogens (tertiary/aromatic N) is 3. The molecule has 4 nitrogen and oxygen atoms in total. The van der Waals surface area contributed by atoms with Crippen LogP contribution in [0.3, 0.4) is 0 Å². The van der Waals surface area contributed by atoms with E-state index in [2.05, 4.69) is 16.9 Å². The van der Waals surface area contributed by atoms with E-state index in [1.165, 1.54) is 11.3 Å². The van der Waals surface area contributed by atoms with Crippen LogP contribution in [0.1, 0.15) is 15.4 Å². The minimum Gasteiger partial charge on any atom is -0.335 e. The van der Waals surface area contributed by atoms with E-state index >= 15 is 0 Å². The Labute approximate surface area is 129 Å². The molecule has 1 amide bonds. The third-order valence-electron chi connectivity index (χ3n) is 3.80. The van der Waals surface area contributed by atoms with Crippen LogP contribution in [0.5, 0.6) is 0 Å². The molecule has 21 heavy (non-hydrogen) atoms. The summed E-state index contributed by atoms with van der Waals surface area (Å²) in [5.74, 6) is 0.125. The van der Waals surface area contributed by atoms with Crippen molar-refractivity contribution in [1.29, 1.82) is 0 Å². The summed E-state index contributed by atoms with van der Waals surface area (Å²) in [7, 11) is 2.09. The maximum absolute atomic E-state index is 12.6. The molecule has 3 rings (SSSR count). The lowest BCUT2D eigenvalue weighted by Crippen LogP contribution is -2.47. The molecule has 1 fully saturated rings. The fourth-order valence-corrected chi connectivity index (χ4v) is 3.49. The molecule has 0 unspecified atom stereocenters. The molecule has 1 saturated heterocycles. The first-order valence-electron chi connectivity index (χ1n) is 7.16. The Kier molecular flexibility index (Phi) is 4.03. The quantitative estimate of drug-likeness (QED) is 0.855. The highest BCUT2D eigenvalue weighted by atomic mass is 32.1. The van der Waals surface area contributed by atoms with Gasteiger partial charge in [0.15, 0.2) is 0 Å². The van der Waals surface area contributed by atoms with Crippen molar-refractivity contribution in [3.05, 3.63) is 40.9 Å². The van der Waals surface area contributed by atoms with Crippen LogP contribution in [0.25, 0.3) is 10.6 Å². The van der Waals surface area contributed by atoms with E-state index in [1.54, 1.807) is 0 Å². The summed E-state index contributed by atoms with van der Waals surface area (Å²) in [6, 6.07) is 10.0. The van der Waals surface area contributed by atoms with Crippen molar-refractivity contribution in [2.75, 3.05) is 33.2 Å². The lowest BCUT2D eigenvalue weighted by Gasteiger charge is -2.32. The molecule has 0 aliphatic carbocycles. The summed E-state index contributed by atoms with van der Waals surface area (Å²) in [4.78, 5) is 22.2. The predicted molar refractivity (Wildman–Crippen MR) is 85.7 cm³/mol. The molecule has 2 heterocycles. The zero-order chi connectivity index (χ0) is 14.8. The number of benzene rings is 1. The van der Waals surface area contributed by atoms with E-state index in [9.17, 15) is 4.79 Å². The lowest BCUT2D eigenvalue weighted by atomic mass is 10.2. The van der Waals surface area contributed by atoms with Crippen LogP contribution < -0.4 is 0 Å². The highest BCUT2D eigenvalue weighted by Crippen LogP contribution is 2.28. The van der Waals surface area contributed by atoms with Gasteiger partial charge < -0.3 is 9.80 Å². The topological polar surface area (TPSA) is 36.4 Å². The summed E-state index contributed by atoms with van der Waals surface area (Å²) in [5, 5.41) is 0.922. The summed E-state index contributed by atoms with van der Waals surface area (Å²) in [6.07, 6.45) is 0. The van der Waals surface area contributed by atoms with Gasteiger partial charge in [0.2, 0.25) is 0 Å². The number of carbonyl (C=O) groups is 1. The number of aromatic nitrogens is 1. The number of aryl methyl sites for hydroxylation is 1. The lowest BCUT2D eigenvalue weighted by molar-refractivity contribution is 0.0668. The number of piperazine rings is 1. The second-order valence-electron chi connectivity index (χ2n) is 5.40. The molecule has 0 saturated carbocycles. The van der Waals surface area contributed by atoms with Crippen molar-refractivity contribution in [3.63, 3.8) is 0 Å². The minimum atomic E-state index is 0.125. The van der Waals surface area contributed by atoms with Gasteiger partial charge in [-0.2, -0.15) is 0 Å². The molecular formula is C16H19N3OS. The van der Waals surface area contributed by atoms with Crippen LogP contribution in [0.4, 0.5) is 0 Å². The fourth-order valence-electron chi connectivity index (χ4n) is 2.45. The molecule has 0 radical (unpaired) electrons. The first kappa shape index (κ1) is 14.2. The number of likely N-dealkylation sites (N-methyl/N-ethyl adjacent to an activating group) is 1. The van der Waals surface area contributed by atoms with Crippen LogP contribution in [0, 0.1) is 6.92 Å². The van der Waals surface area contributed by atoms with Gasteiger partial charge in [0.1, 0.15) is 9.88 Å². The van der Waals surface area contributed by atoms with Crippen molar-refractivity contribution in [1.82, 2.24) is 14.8 Å². The molecule has 5 heteroatoms. The minimum absolute atomic E-state index is 0.125. The van der Waals surface area contributed by atoms with Gasteiger partial charge in [-0.3, -0.25) is 4.79 Å². The highest BCUT2D eigenvalue weighted by molar-refractivity contribution is 7.17. The molecule has 0 bridgehead atoms. The Morgan fingerprint density at radius 3 is 2.48 bits per heavy atom. The Hall–Kier alpha value is -1.72. The van der Waals surface area contributed by atoms with Crippen molar-refractivity contribution >= 4 is 17.2 Å². The molecule has 1 aromatic carbocycles. The van der Waals surface area contributed by atoms with Crippen molar-refractivity contribution in [2.24, 2.45) is 0 Å². The average molecular weight is 301 g/mol. The van der Waals surface area contributed by atoms with Crippen molar-refractivity contribution < 1.29 is 4.79 Å². The van der Waals surface area contributed by atoms with Crippen LogP contribution in [-0.4, -0.2) is 53.9 Å². The molecule has 110 valence electrons. The van der Waals surface area contributed by atoms with Gasteiger partial charge in [0.05, 0.1) is 5.69 Å². The van der Waals surface area contributed by atoms with E-state index in [0.29, 0.717) is 0 Å². The molecule has 0 spiro atoms. The molecule has 1 aliphatic rings. The molecule has 0 N–H and O–H groups in total. The zero-order valence-corrected chi connectivity index (χ0v) is 13.2. The van der Waals surface area contributed by atoms with Crippen LogP contribution >= 0.6 is 11.3 Å². The number of hydrogen-bond donors (Lipinski definition) is 0. The third kappa shape index (κ3) is 2.99. The average Bonchev–Trinajstić information content (AvgIpc) is 2.90. The monoisotopic (exact) mass is 301 g/mol. The summed E-state index contributed by atoms with van der Waals surface area (Å²) in [5.41, 5.74) is 1.91. The SMILES string of the molecule is Cc1nc(-c2ccccc2)sc1C(=O)N1CCN(C)CC1. The number of thiazole rings is 1. The molecule has 0 atom stereocenters. The van der Waals surface area contributed by atoms with E-state index in [1.807, 2.05) is 42.2 Å². The van der Waals surface area contributed by atoms with Crippen LogP contribution in [0.2, 0.25) is 0 Å². The standard InChI is InChI=1S/C16H19N3OS/c1-12-14(16(20)19-10-8-18(2)9-11-19)21-15(17-12)13-6-4-3-5-7-13/h3-7H,8-11H2,1-2H3. The van der Waals surface area contributed by atoms with Crippen molar-refractivity contribution in [2.45, 2.75) is 6.92 Å². The van der Waals surface area contributed by atoms with Gasteiger partial charge >= 0.3 is 0 Å². The first-order valence-corrected chi connectivity index (χ1v) is 7.97. The number of hydrogen-bond acceptors (Lipinski definition) is 4. The van der Waals surface area contributed by atoms with E-state index in [-0.39, 0.29) is 5.91 Å². The maximum Gasteiger partial charge on any atom is 0.265 e. The second-order valence-corrected chi connectivity index (χ2v) is 6.39. The Balaban J connectivity index is 1.83. The van der Waals surface area contributed by atoms with Gasteiger partial charge in [-0.25, -0.2) is 4.98 Å². The Morgan fingerprint density at radius 2 is 1.81 bits per heavy atom. The number of amides is 1. The van der Waals surface area contributed by atoms with Gasteiger partial charge in [0.25, 0.3) is 5.91 Å². The Morgan fingerprint density at radius 1 is 1.14 bits per heavy atom. The maximum atomic E-state index is 12.6. The van der Waals surface area contributed by atoms with E-state index < -0.39 is 0 Å². The van der Waals surface area contributed by atoms with Gasteiger partial charge in [-0.1, -0.05) is 30.3 Å². The predicted octanol–water partition coefficient (Wildman–Crippen LogP) is 2.51. The van der Waals surface area contributed by atoms with Crippen LogP contribution in [-0.2, 0) is 0 Å². The van der Waals surface area contributed by atoms with E-state index in [0.717, 1.165) is 47.3 Å². The smallest absolute Gasteiger partial charge is 0.265 e. The molecule has 1 aliphatic heterocycles. The van der Waals surface area contributed by atoms with Crippen molar-refractivity contribution in [3.8, 4) is 10.6 Å². The normalized spacial score (nSPS) is 16.2. The first-order chi connectivity index (χ1) is 10.1. The molecule has 1 aromatic heterocycles. The molecular weight excluding hydrogens is 282 g/mol. The van der Waals surface area contributed by atoms with Crippen LogP contribution in [0.15, 0.2) is 30.3 Å². The highest BCUT2D eigenvalue weighted by Gasteiger charge is 2.24. The van der Waals surface area contributed by atoms with Gasteiger partial charge in [0, 0.05) is 31.7 Å². The number of carbonyl (C=O) groups excluding carboxylic acids is 1. The largest absolute Gasteiger partial charge is 0.335 e. The third-order valence-corrected chi connectivity index (χ3v) is 5.00. The van der Waals surface area contributed by atoms with Gasteiger partial charge in [-0.15, -0.1) is 11.3 Å². The second kappa shape index (κ2) is 5.95. The van der Waals surface area contributed by atoms with Gasteiger partial charge in [-0.05, 0) is 14.0 Å². The zero-order valence-electron chi connectivity index (χ0n) is 12.4. The molecule has 2 aromatic rings. The summed E-state index contributed by atoms with van der Waals surface area (Å²) < 4.78 is 0. The van der Waals surface area contributed by atoms with E-state index in [4.69, 9.17) is 0 Å². The number of rotatable bonds is 2. The summed E-state index contributed by atoms with van der Waals surface area (Å²) in [6.45, 7) is 5.40. The summed E-state index contributed by atoms with van der Waals surface area (Å²) >= 11 is 1.50. The Bertz CT molecular complexity index is 630.